The summed E-state index contributed by atoms with van der Waals surface area (Å²) in [6, 6.07) is 5.57. The number of carboxylic acids is 2. The molecule has 0 radical (unpaired) electrons. The number of nitrogens with one attached hydrogen (secondary N) is 1. The Morgan fingerprint density at radius 3 is 2.27 bits per heavy atom. The van der Waals surface area contributed by atoms with Crippen molar-refractivity contribution in [3.63, 3.8) is 0 Å². The maximum absolute atomic E-state index is 12.8. The molecule has 0 amide bonds. The van der Waals surface area contributed by atoms with Crippen LogP contribution in [0.1, 0.15) is 15.3 Å². The molecule has 1 aliphatic rings. The molecule has 5 N–H and O–H groups in total. The van der Waals surface area contributed by atoms with Crippen LogP contribution in [0.15, 0.2) is 47.2 Å². The minimum absolute atomic E-state index is 0.269. The Morgan fingerprint density at radius 1 is 1.09 bits per heavy atom. The highest BCUT2D eigenvalue weighted by molar-refractivity contribution is 7.12. The van der Waals surface area contributed by atoms with Gasteiger partial charge in [0.2, 0.25) is 0 Å². The predicted octanol–water partition coefficient (Wildman–Crippen LogP) is 3.13. The molecule has 0 fully saturated rings. The van der Waals surface area contributed by atoms with Gasteiger partial charge in [-0.15, -0.1) is 11.3 Å². The molecule has 0 saturated heterocycles. The van der Waals surface area contributed by atoms with Crippen LogP contribution in [0.25, 0.3) is 0 Å². The molecule has 4 heterocycles. The van der Waals surface area contributed by atoms with E-state index >= 15 is 0 Å². The first-order valence-electron chi connectivity index (χ1n) is 11.8. The van der Waals surface area contributed by atoms with Crippen molar-refractivity contribution in [2.24, 2.45) is 5.73 Å². The van der Waals surface area contributed by atoms with Crippen LogP contribution >= 0.6 is 11.3 Å². The summed E-state index contributed by atoms with van der Waals surface area (Å²) in [5.41, 5.74) is 5.23. The third-order valence-corrected chi connectivity index (χ3v) is 5.94. The molecule has 1 aliphatic heterocycles. The number of alkyl halides is 6. The Bertz CT molecular complexity index is 1620. The number of nitrogens with two attached hydrogens (primary N) is 1. The monoisotopic (exact) mass is 672 g/mol. The van der Waals surface area contributed by atoms with Gasteiger partial charge in [-0.2, -0.15) is 40.2 Å². The van der Waals surface area contributed by atoms with Gasteiger partial charge < -0.3 is 26.0 Å². The molecule has 244 valence electrons. The van der Waals surface area contributed by atoms with Gasteiger partial charge in [-0.3, -0.25) is 4.57 Å². The zero-order valence-corrected chi connectivity index (χ0v) is 23.1. The number of pyridine rings is 1. The standard InChI is InChI=1S/C20H18F2N6O2S.2C2HF3O2/c21-18(22)14(8-23)10-28-20(29)27(12-26-28)11-16-4-3-15(31-16)2-1-13-7-17-19(25-9-13)24-5-6-30-17;2*3-2(4,5)1(6)7/h3-4,7,9,12H,5-6,8,10-11,23H2,(H,24,25);2*(H,6,7). The number of aliphatic carboxylic acids is 2. The van der Waals surface area contributed by atoms with Gasteiger partial charge in [0, 0.05) is 34.8 Å². The molecule has 0 atom stereocenters. The van der Waals surface area contributed by atoms with E-state index in [1.807, 2.05) is 18.2 Å². The summed E-state index contributed by atoms with van der Waals surface area (Å²) in [5.74, 6) is 2.02. The number of rotatable bonds is 5. The second kappa shape index (κ2) is 15.7. The minimum atomic E-state index is -5.08. The van der Waals surface area contributed by atoms with Crippen LogP contribution in [0.4, 0.5) is 40.9 Å². The van der Waals surface area contributed by atoms with E-state index in [1.54, 1.807) is 6.20 Å². The van der Waals surface area contributed by atoms with Crippen molar-refractivity contribution in [2.45, 2.75) is 25.4 Å². The maximum Gasteiger partial charge on any atom is 0.490 e. The summed E-state index contributed by atoms with van der Waals surface area (Å²) >= 11 is 1.43. The van der Waals surface area contributed by atoms with Gasteiger partial charge in [-0.25, -0.2) is 24.0 Å². The van der Waals surface area contributed by atoms with E-state index in [1.165, 1.54) is 22.2 Å². The Kier molecular flexibility index (Phi) is 12.6. The number of thiophene rings is 1. The third kappa shape index (κ3) is 11.6. The lowest BCUT2D eigenvalue weighted by molar-refractivity contribution is -0.193. The number of carbonyl (C=O) groups is 2. The number of ether oxygens (including phenoxy) is 1. The van der Waals surface area contributed by atoms with Gasteiger partial charge in [0.15, 0.2) is 11.6 Å². The lowest BCUT2D eigenvalue weighted by atomic mass is 10.2. The molecule has 0 spiro atoms. The van der Waals surface area contributed by atoms with E-state index in [4.69, 9.17) is 30.3 Å². The SMILES string of the molecule is NCC(Cn1ncn(Cc2ccc(C#Cc3cnc4c(c3)OCCN4)s2)c1=O)=C(F)F.O=C(O)C(F)(F)F.O=C(O)C(F)(F)F. The van der Waals surface area contributed by atoms with Crippen molar-refractivity contribution >= 4 is 29.1 Å². The molecular weight excluding hydrogens is 652 g/mol. The van der Waals surface area contributed by atoms with E-state index in [-0.39, 0.29) is 25.2 Å². The van der Waals surface area contributed by atoms with Gasteiger partial charge >= 0.3 is 30.0 Å². The molecule has 4 rings (SSSR count). The van der Waals surface area contributed by atoms with Crippen LogP contribution in [-0.4, -0.2) is 73.5 Å². The Labute approximate surface area is 250 Å². The van der Waals surface area contributed by atoms with Gasteiger partial charge in [-0.1, -0.05) is 11.8 Å². The van der Waals surface area contributed by atoms with Crippen LogP contribution in [0.5, 0.6) is 5.75 Å². The summed E-state index contributed by atoms with van der Waals surface area (Å²) < 4.78 is 96.9. The van der Waals surface area contributed by atoms with Gasteiger partial charge in [-0.05, 0) is 12.1 Å². The zero-order chi connectivity index (χ0) is 33.9. The predicted molar refractivity (Wildman–Crippen MR) is 140 cm³/mol. The van der Waals surface area contributed by atoms with Crippen molar-refractivity contribution < 1.29 is 59.7 Å². The number of carboxylic acid groups (broad SMARTS) is 2. The topological polar surface area (TPSA) is 175 Å². The normalized spacial score (nSPS) is 11.9. The zero-order valence-electron chi connectivity index (χ0n) is 22.2. The fourth-order valence-electron chi connectivity index (χ4n) is 2.89. The van der Waals surface area contributed by atoms with Crippen molar-refractivity contribution in [2.75, 3.05) is 25.0 Å². The lowest BCUT2D eigenvalue weighted by Crippen LogP contribution is -2.27. The summed E-state index contributed by atoms with van der Waals surface area (Å²) in [6.45, 7) is 0.909. The Morgan fingerprint density at radius 2 is 1.71 bits per heavy atom. The molecule has 0 unspecified atom stereocenters. The molecular formula is C24H20F8N6O6S. The Hall–Kier alpha value is -4.97. The van der Waals surface area contributed by atoms with Crippen LogP contribution in [-0.2, 0) is 22.7 Å². The molecule has 3 aromatic heterocycles. The fraction of sp³-hybridized carbons (Fsp3) is 0.292. The van der Waals surface area contributed by atoms with Crippen molar-refractivity contribution in [3.8, 4) is 17.6 Å². The average Bonchev–Trinajstić information content (AvgIpc) is 3.55. The molecule has 0 aliphatic carbocycles. The van der Waals surface area contributed by atoms with Crippen LogP contribution in [0, 0.1) is 11.8 Å². The van der Waals surface area contributed by atoms with Crippen molar-refractivity contribution in [1.82, 2.24) is 19.3 Å². The molecule has 0 saturated carbocycles. The largest absolute Gasteiger partial charge is 0.490 e. The van der Waals surface area contributed by atoms with Crippen LogP contribution in [0.2, 0.25) is 0 Å². The average molecular weight is 673 g/mol. The second-order valence-corrected chi connectivity index (χ2v) is 9.40. The number of aromatic nitrogens is 4. The second-order valence-electron chi connectivity index (χ2n) is 8.23. The highest BCUT2D eigenvalue weighted by Crippen LogP contribution is 2.25. The van der Waals surface area contributed by atoms with Gasteiger partial charge in [0.05, 0.1) is 24.5 Å². The van der Waals surface area contributed by atoms with Crippen molar-refractivity contribution in [1.29, 1.82) is 0 Å². The molecule has 3 aromatic rings. The first-order valence-corrected chi connectivity index (χ1v) is 12.7. The Balaban J connectivity index is 0.000000421. The van der Waals surface area contributed by atoms with E-state index < -0.39 is 36.1 Å². The fourth-order valence-corrected chi connectivity index (χ4v) is 3.75. The summed E-state index contributed by atoms with van der Waals surface area (Å²) in [6.07, 6.45) is -9.05. The van der Waals surface area contributed by atoms with Crippen LogP contribution < -0.4 is 21.5 Å². The number of fused-ring (bicyclic) bond motifs is 1. The van der Waals surface area contributed by atoms with E-state index in [0.717, 1.165) is 26.5 Å². The number of anilines is 1. The summed E-state index contributed by atoms with van der Waals surface area (Å²) in [4.78, 5) is 36.2. The highest BCUT2D eigenvalue weighted by atomic mass is 32.1. The van der Waals surface area contributed by atoms with Crippen molar-refractivity contribution in [3.05, 3.63) is 68.2 Å². The summed E-state index contributed by atoms with van der Waals surface area (Å²) in [5, 5.41) is 21.3. The minimum Gasteiger partial charge on any atom is -0.488 e. The molecule has 0 bridgehead atoms. The third-order valence-electron chi connectivity index (χ3n) is 4.96. The van der Waals surface area contributed by atoms with Gasteiger partial charge in [0.1, 0.15) is 12.9 Å². The maximum atomic E-state index is 12.8. The highest BCUT2D eigenvalue weighted by Gasteiger charge is 2.38. The number of halogens is 8. The lowest BCUT2D eigenvalue weighted by Gasteiger charge is -2.17. The molecule has 0 aromatic carbocycles. The number of hydrogen-bond acceptors (Lipinski definition) is 9. The molecule has 12 nitrogen and oxygen atoms in total. The molecule has 21 heteroatoms. The van der Waals surface area contributed by atoms with Crippen LogP contribution in [0.3, 0.4) is 0 Å². The quantitative estimate of drug-likeness (QED) is 0.233. The number of nitrogens with zero attached hydrogens (tertiary/aromatic N) is 4. The first kappa shape index (κ1) is 36.2. The summed E-state index contributed by atoms with van der Waals surface area (Å²) in [7, 11) is 0. The smallest absolute Gasteiger partial charge is 0.488 e. The first-order chi connectivity index (χ1) is 20.9. The molecule has 45 heavy (non-hydrogen) atoms. The number of hydrogen-bond donors (Lipinski definition) is 4. The van der Waals surface area contributed by atoms with E-state index in [0.29, 0.717) is 18.2 Å². The van der Waals surface area contributed by atoms with E-state index in [2.05, 4.69) is 27.2 Å². The van der Waals surface area contributed by atoms with E-state index in [9.17, 15) is 39.9 Å². The van der Waals surface area contributed by atoms with Gasteiger partial charge in [0.25, 0.3) is 6.08 Å².